The molecule has 0 aliphatic heterocycles. The van der Waals surface area contributed by atoms with Gasteiger partial charge in [0.25, 0.3) is 0 Å². The summed E-state index contributed by atoms with van der Waals surface area (Å²) >= 11 is 6.00. The molecule has 0 radical (unpaired) electrons. The highest BCUT2D eigenvalue weighted by atomic mass is 35.5. The highest BCUT2D eigenvalue weighted by Crippen LogP contribution is 2.36. The zero-order valence-corrected chi connectivity index (χ0v) is 18.4. The van der Waals surface area contributed by atoms with Crippen molar-refractivity contribution in [2.45, 2.75) is 24.9 Å². The van der Waals surface area contributed by atoms with Crippen LogP contribution < -0.4 is 0 Å². The molecule has 3 aromatic rings. The molecule has 2 nitrogen and oxygen atoms in total. The summed E-state index contributed by atoms with van der Waals surface area (Å²) in [5.74, 6) is -0.448. The number of nitrogens with zero attached hydrogens (tertiary/aromatic N) is 1. The summed E-state index contributed by atoms with van der Waals surface area (Å²) in [6.07, 6.45) is 0.648. The molecule has 166 valence electrons. The van der Waals surface area contributed by atoms with E-state index in [-0.39, 0.29) is 12.1 Å². The minimum absolute atomic E-state index is 0.0134. The Kier molecular flexibility index (Phi) is 7.54. The van der Waals surface area contributed by atoms with E-state index in [0.29, 0.717) is 16.1 Å². The summed E-state index contributed by atoms with van der Waals surface area (Å²) in [4.78, 5) is 0.932. The van der Waals surface area contributed by atoms with Crippen molar-refractivity contribution in [1.29, 1.82) is 5.41 Å². The van der Waals surface area contributed by atoms with Gasteiger partial charge in [0.1, 0.15) is 5.82 Å². The average molecular weight is 457 g/mol. The fraction of sp³-hybridized carbons (Fsp3) is 0.192. The maximum absolute atomic E-state index is 14.8. The molecule has 1 N–H and O–H groups in total. The molecule has 0 aliphatic rings. The lowest BCUT2D eigenvalue weighted by molar-refractivity contribution is -0.149. The summed E-state index contributed by atoms with van der Waals surface area (Å²) in [6, 6.07) is 16.1. The summed E-state index contributed by atoms with van der Waals surface area (Å²) in [5.41, 5.74) is 3.03. The van der Waals surface area contributed by atoms with Crippen molar-refractivity contribution in [3.63, 3.8) is 0 Å². The lowest BCUT2D eigenvalue weighted by Gasteiger charge is -2.35. The van der Waals surface area contributed by atoms with Crippen LogP contribution in [0, 0.1) is 11.2 Å². The molecule has 0 aliphatic carbocycles. The van der Waals surface area contributed by atoms with Crippen LogP contribution in [0.1, 0.15) is 30.0 Å². The van der Waals surface area contributed by atoms with Gasteiger partial charge in [-0.1, -0.05) is 66.2 Å². The van der Waals surface area contributed by atoms with E-state index in [1.807, 2.05) is 30.3 Å². The standard InChI is InChI=1S/C26H24ClF3N2/c1-3-16-26(29,30)32(2)25(19-10-14-21(28)15-11-19)17-24(31)23-7-5-4-6-22(23)18-8-12-20(27)13-9-18/h3-15,25,31H,1,16-17H2,2H3. The van der Waals surface area contributed by atoms with Crippen LogP contribution >= 0.6 is 11.6 Å². The summed E-state index contributed by atoms with van der Waals surface area (Å²) < 4.78 is 43.0. The fourth-order valence-electron chi connectivity index (χ4n) is 3.64. The summed E-state index contributed by atoms with van der Waals surface area (Å²) in [6.45, 7) is 3.42. The second-order valence-corrected chi connectivity index (χ2v) is 8.01. The Morgan fingerprint density at radius 2 is 1.69 bits per heavy atom. The van der Waals surface area contributed by atoms with Crippen LogP contribution in [-0.2, 0) is 0 Å². The molecular formula is C26H24ClF3N2. The van der Waals surface area contributed by atoms with Gasteiger partial charge >= 0.3 is 6.05 Å². The first-order valence-corrected chi connectivity index (χ1v) is 10.5. The van der Waals surface area contributed by atoms with Crippen LogP contribution in [0.15, 0.2) is 85.5 Å². The molecular weight excluding hydrogens is 433 g/mol. The first-order valence-electron chi connectivity index (χ1n) is 10.1. The molecule has 3 aromatic carbocycles. The van der Waals surface area contributed by atoms with E-state index in [0.717, 1.165) is 16.0 Å². The number of benzene rings is 3. The predicted molar refractivity (Wildman–Crippen MR) is 125 cm³/mol. The Bertz CT molecular complexity index is 1080. The third-order valence-corrected chi connectivity index (χ3v) is 5.69. The van der Waals surface area contributed by atoms with E-state index >= 15 is 0 Å². The molecule has 0 saturated carbocycles. The van der Waals surface area contributed by atoms with E-state index < -0.39 is 24.3 Å². The monoisotopic (exact) mass is 456 g/mol. The lowest BCUT2D eigenvalue weighted by atomic mass is 9.91. The predicted octanol–water partition coefficient (Wildman–Crippen LogP) is 7.75. The van der Waals surface area contributed by atoms with Gasteiger partial charge in [0.2, 0.25) is 0 Å². The van der Waals surface area contributed by atoms with E-state index in [9.17, 15) is 13.2 Å². The van der Waals surface area contributed by atoms with E-state index in [2.05, 4.69) is 6.58 Å². The average Bonchev–Trinajstić information content (AvgIpc) is 2.78. The second kappa shape index (κ2) is 10.2. The maximum Gasteiger partial charge on any atom is 0.308 e. The number of nitrogens with one attached hydrogen (secondary N) is 1. The molecule has 6 heteroatoms. The van der Waals surface area contributed by atoms with Crippen LogP contribution in [0.2, 0.25) is 5.02 Å². The molecule has 0 fully saturated rings. The minimum atomic E-state index is -3.17. The van der Waals surface area contributed by atoms with Crippen LogP contribution in [0.25, 0.3) is 11.1 Å². The first kappa shape index (κ1) is 23.8. The Morgan fingerprint density at radius 3 is 2.31 bits per heavy atom. The van der Waals surface area contributed by atoms with Gasteiger partial charge in [-0.3, -0.25) is 0 Å². The molecule has 3 rings (SSSR count). The lowest BCUT2D eigenvalue weighted by Crippen LogP contribution is -2.41. The van der Waals surface area contributed by atoms with Gasteiger partial charge < -0.3 is 5.41 Å². The van der Waals surface area contributed by atoms with Crippen molar-refractivity contribution in [2.24, 2.45) is 0 Å². The SMILES string of the molecule is C=CCC(F)(F)N(C)C(CC(=N)c1ccccc1-c1ccc(Cl)cc1)c1ccc(F)cc1. The number of alkyl halides is 2. The molecule has 0 aromatic heterocycles. The Balaban J connectivity index is 1.98. The van der Waals surface area contributed by atoms with Gasteiger partial charge in [-0.15, -0.1) is 6.58 Å². The van der Waals surface area contributed by atoms with Gasteiger partial charge in [0.15, 0.2) is 0 Å². The summed E-state index contributed by atoms with van der Waals surface area (Å²) in [7, 11) is 1.32. The zero-order chi connectivity index (χ0) is 23.3. The van der Waals surface area contributed by atoms with Crippen molar-refractivity contribution in [1.82, 2.24) is 4.90 Å². The van der Waals surface area contributed by atoms with Gasteiger partial charge in [0, 0.05) is 35.2 Å². The molecule has 32 heavy (non-hydrogen) atoms. The quantitative estimate of drug-likeness (QED) is 0.199. The normalized spacial score (nSPS) is 12.6. The molecule has 0 saturated heterocycles. The molecule has 0 bridgehead atoms. The number of hydrogen-bond donors (Lipinski definition) is 1. The van der Waals surface area contributed by atoms with Gasteiger partial charge in [-0.05, 0) is 48.0 Å². The summed E-state index contributed by atoms with van der Waals surface area (Å²) in [5, 5.41) is 9.39. The third kappa shape index (κ3) is 5.47. The molecule has 0 amide bonds. The van der Waals surface area contributed by atoms with Gasteiger partial charge in [-0.2, -0.15) is 8.78 Å². The van der Waals surface area contributed by atoms with Crippen LogP contribution in [0.3, 0.4) is 0 Å². The van der Waals surface area contributed by atoms with Crippen LogP contribution in [0.4, 0.5) is 13.2 Å². The Morgan fingerprint density at radius 1 is 1.06 bits per heavy atom. The second-order valence-electron chi connectivity index (χ2n) is 7.57. The number of halogens is 4. The topological polar surface area (TPSA) is 27.1 Å². The minimum Gasteiger partial charge on any atom is -0.305 e. The maximum atomic E-state index is 14.8. The fourth-order valence-corrected chi connectivity index (χ4v) is 3.77. The largest absolute Gasteiger partial charge is 0.308 e. The van der Waals surface area contributed by atoms with Crippen molar-refractivity contribution in [3.05, 3.63) is 107 Å². The third-order valence-electron chi connectivity index (χ3n) is 5.43. The molecule has 1 unspecified atom stereocenters. The van der Waals surface area contributed by atoms with Crippen molar-refractivity contribution >= 4 is 17.3 Å². The molecule has 0 heterocycles. The van der Waals surface area contributed by atoms with E-state index in [1.54, 1.807) is 18.2 Å². The van der Waals surface area contributed by atoms with E-state index in [4.69, 9.17) is 17.0 Å². The number of hydrogen-bond acceptors (Lipinski definition) is 2. The zero-order valence-electron chi connectivity index (χ0n) is 17.7. The highest BCUT2D eigenvalue weighted by molar-refractivity contribution is 6.30. The van der Waals surface area contributed by atoms with Crippen molar-refractivity contribution in [2.75, 3.05) is 7.05 Å². The molecule has 1 atom stereocenters. The Labute approximate surface area is 191 Å². The van der Waals surface area contributed by atoms with Crippen molar-refractivity contribution < 1.29 is 13.2 Å². The van der Waals surface area contributed by atoms with Crippen LogP contribution in [0.5, 0.6) is 0 Å². The smallest absolute Gasteiger partial charge is 0.305 e. The first-order chi connectivity index (χ1) is 15.2. The number of rotatable bonds is 9. The molecule has 0 spiro atoms. The van der Waals surface area contributed by atoms with Gasteiger partial charge in [-0.25, -0.2) is 9.29 Å². The van der Waals surface area contributed by atoms with Crippen LogP contribution in [-0.4, -0.2) is 23.7 Å². The van der Waals surface area contributed by atoms with Gasteiger partial charge in [0.05, 0.1) is 0 Å². The van der Waals surface area contributed by atoms with Crippen molar-refractivity contribution in [3.8, 4) is 11.1 Å². The van der Waals surface area contributed by atoms with E-state index in [1.165, 1.54) is 37.4 Å². The Hall–Kier alpha value is -2.89. The highest BCUT2D eigenvalue weighted by Gasteiger charge is 2.38.